The first-order valence-electron chi connectivity index (χ1n) is 5.95. The Kier molecular flexibility index (Phi) is 3.76. The van der Waals surface area contributed by atoms with Gasteiger partial charge in [0.25, 0.3) is 0 Å². The number of carbonyl (C=O) groups excluding carboxylic acids is 1. The van der Waals surface area contributed by atoms with Gasteiger partial charge in [0.2, 0.25) is 5.91 Å². The van der Waals surface area contributed by atoms with E-state index in [1.165, 1.54) is 0 Å². The highest BCUT2D eigenvalue weighted by Gasteiger charge is 2.29. The van der Waals surface area contributed by atoms with Crippen molar-refractivity contribution < 1.29 is 9.90 Å². The molecule has 92 valence electrons. The van der Waals surface area contributed by atoms with Crippen LogP contribution in [0, 0.1) is 5.92 Å². The van der Waals surface area contributed by atoms with E-state index in [0.717, 1.165) is 11.3 Å². The van der Waals surface area contributed by atoms with Crippen LogP contribution in [0.4, 0.5) is 5.69 Å². The number of benzene rings is 1. The molecular formula is C13H18N2O2. The van der Waals surface area contributed by atoms with E-state index < -0.39 is 0 Å². The SMILES string of the molecule is NCC1CC(=O)N(c2cccc(CCO)c2)C1. The molecule has 1 amide bonds. The molecule has 17 heavy (non-hydrogen) atoms. The van der Waals surface area contributed by atoms with Crippen LogP contribution < -0.4 is 10.6 Å². The fourth-order valence-electron chi connectivity index (χ4n) is 2.20. The summed E-state index contributed by atoms with van der Waals surface area (Å²) in [6.07, 6.45) is 1.16. The smallest absolute Gasteiger partial charge is 0.227 e. The van der Waals surface area contributed by atoms with Gasteiger partial charge in [-0.05, 0) is 36.6 Å². The Morgan fingerprint density at radius 3 is 2.94 bits per heavy atom. The van der Waals surface area contributed by atoms with Crippen molar-refractivity contribution >= 4 is 11.6 Å². The molecule has 0 saturated carbocycles. The predicted octanol–water partition coefficient (Wildman–Crippen LogP) is 0.533. The van der Waals surface area contributed by atoms with E-state index in [2.05, 4.69) is 0 Å². The number of anilines is 1. The summed E-state index contributed by atoms with van der Waals surface area (Å²) in [6, 6.07) is 7.77. The molecule has 1 aromatic carbocycles. The van der Waals surface area contributed by atoms with E-state index in [-0.39, 0.29) is 18.4 Å². The molecule has 1 aliphatic rings. The molecule has 4 heteroatoms. The number of hydrogen-bond donors (Lipinski definition) is 2. The standard InChI is InChI=1S/C13H18N2O2/c14-8-11-7-13(17)15(9-11)12-3-1-2-10(6-12)4-5-16/h1-3,6,11,16H,4-5,7-9,14H2. The molecule has 1 saturated heterocycles. The molecule has 1 unspecified atom stereocenters. The number of carbonyl (C=O) groups is 1. The summed E-state index contributed by atoms with van der Waals surface area (Å²) in [5.74, 6) is 0.408. The molecule has 0 radical (unpaired) electrons. The maximum atomic E-state index is 11.8. The van der Waals surface area contributed by atoms with Crippen molar-refractivity contribution in [3.8, 4) is 0 Å². The van der Waals surface area contributed by atoms with E-state index in [1.54, 1.807) is 4.90 Å². The van der Waals surface area contributed by atoms with Crippen LogP contribution >= 0.6 is 0 Å². The number of rotatable bonds is 4. The third-order valence-corrected chi connectivity index (χ3v) is 3.16. The van der Waals surface area contributed by atoms with Gasteiger partial charge in [-0.25, -0.2) is 0 Å². The van der Waals surface area contributed by atoms with Gasteiger partial charge in [-0.3, -0.25) is 4.79 Å². The molecule has 4 nitrogen and oxygen atoms in total. The lowest BCUT2D eigenvalue weighted by Gasteiger charge is -2.17. The molecule has 1 heterocycles. The summed E-state index contributed by atoms with van der Waals surface area (Å²) >= 11 is 0. The topological polar surface area (TPSA) is 66.6 Å². The molecule has 2 rings (SSSR count). The average molecular weight is 234 g/mol. The zero-order valence-corrected chi connectivity index (χ0v) is 9.80. The highest BCUT2D eigenvalue weighted by Crippen LogP contribution is 2.25. The molecular weight excluding hydrogens is 216 g/mol. The Morgan fingerprint density at radius 2 is 2.29 bits per heavy atom. The van der Waals surface area contributed by atoms with E-state index >= 15 is 0 Å². The second kappa shape index (κ2) is 5.29. The molecule has 1 atom stereocenters. The van der Waals surface area contributed by atoms with Gasteiger partial charge in [-0.15, -0.1) is 0 Å². The van der Waals surface area contributed by atoms with Crippen molar-refractivity contribution in [3.63, 3.8) is 0 Å². The largest absolute Gasteiger partial charge is 0.396 e. The number of nitrogens with two attached hydrogens (primary N) is 1. The maximum Gasteiger partial charge on any atom is 0.227 e. The van der Waals surface area contributed by atoms with Crippen molar-refractivity contribution in [2.24, 2.45) is 11.7 Å². The number of hydrogen-bond acceptors (Lipinski definition) is 3. The minimum Gasteiger partial charge on any atom is -0.396 e. The Hall–Kier alpha value is -1.39. The number of amides is 1. The Bertz CT molecular complexity index is 406. The van der Waals surface area contributed by atoms with Gasteiger partial charge >= 0.3 is 0 Å². The molecule has 1 aromatic rings. The van der Waals surface area contributed by atoms with Gasteiger partial charge < -0.3 is 15.7 Å². The molecule has 1 aliphatic heterocycles. The second-order valence-corrected chi connectivity index (χ2v) is 4.45. The van der Waals surface area contributed by atoms with Crippen LogP contribution in [0.25, 0.3) is 0 Å². The summed E-state index contributed by atoms with van der Waals surface area (Å²) in [7, 11) is 0. The zero-order chi connectivity index (χ0) is 12.3. The van der Waals surface area contributed by atoms with Gasteiger partial charge in [0, 0.05) is 25.3 Å². The minimum absolute atomic E-state index is 0.128. The fraction of sp³-hybridized carbons (Fsp3) is 0.462. The fourth-order valence-corrected chi connectivity index (χ4v) is 2.20. The van der Waals surface area contributed by atoms with Crippen molar-refractivity contribution in [2.45, 2.75) is 12.8 Å². The lowest BCUT2D eigenvalue weighted by Crippen LogP contribution is -2.25. The van der Waals surface area contributed by atoms with Crippen LogP contribution in [0.2, 0.25) is 0 Å². The van der Waals surface area contributed by atoms with Crippen LogP contribution in [0.3, 0.4) is 0 Å². The quantitative estimate of drug-likeness (QED) is 0.798. The molecule has 0 aromatic heterocycles. The van der Waals surface area contributed by atoms with Crippen molar-refractivity contribution in [1.82, 2.24) is 0 Å². The second-order valence-electron chi connectivity index (χ2n) is 4.45. The third kappa shape index (κ3) is 2.65. The number of aliphatic hydroxyl groups is 1. The monoisotopic (exact) mass is 234 g/mol. The van der Waals surface area contributed by atoms with Crippen molar-refractivity contribution in [3.05, 3.63) is 29.8 Å². The first-order valence-corrected chi connectivity index (χ1v) is 5.95. The van der Waals surface area contributed by atoms with E-state index in [0.29, 0.717) is 25.9 Å². The molecule has 1 fully saturated rings. The summed E-state index contributed by atoms with van der Waals surface area (Å²) < 4.78 is 0. The zero-order valence-electron chi connectivity index (χ0n) is 9.80. The van der Waals surface area contributed by atoms with Crippen LogP contribution in [0.15, 0.2) is 24.3 Å². The molecule has 0 spiro atoms. The van der Waals surface area contributed by atoms with Gasteiger partial charge in [-0.1, -0.05) is 12.1 Å². The maximum absolute atomic E-state index is 11.8. The summed E-state index contributed by atoms with van der Waals surface area (Å²) in [5.41, 5.74) is 7.57. The minimum atomic E-state index is 0.128. The summed E-state index contributed by atoms with van der Waals surface area (Å²) in [5, 5.41) is 8.91. The summed E-state index contributed by atoms with van der Waals surface area (Å²) in [6.45, 7) is 1.39. The highest BCUT2D eigenvalue weighted by molar-refractivity contribution is 5.95. The van der Waals surface area contributed by atoms with Gasteiger partial charge in [-0.2, -0.15) is 0 Å². The van der Waals surface area contributed by atoms with E-state index in [9.17, 15) is 4.79 Å². The number of nitrogens with zero attached hydrogens (tertiary/aromatic N) is 1. The van der Waals surface area contributed by atoms with Crippen molar-refractivity contribution in [2.75, 3.05) is 24.6 Å². The van der Waals surface area contributed by atoms with Crippen LogP contribution in [-0.2, 0) is 11.2 Å². The van der Waals surface area contributed by atoms with Crippen molar-refractivity contribution in [1.29, 1.82) is 0 Å². The Labute approximate surface area is 101 Å². The Balaban J connectivity index is 2.16. The van der Waals surface area contributed by atoms with Crippen LogP contribution in [0.1, 0.15) is 12.0 Å². The molecule has 3 N–H and O–H groups in total. The predicted molar refractivity (Wildman–Crippen MR) is 66.7 cm³/mol. The van der Waals surface area contributed by atoms with Crippen LogP contribution in [0.5, 0.6) is 0 Å². The summed E-state index contributed by atoms with van der Waals surface area (Å²) in [4.78, 5) is 13.6. The van der Waals surface area contributed by atoms with Crippen LogP contribution in [-0.4, -0.2) is 30.7 Å². The average Bonchev–Trinajstić information content (AvgIpc) is 2.71. The van der Waals surface area contributed by atoms with Gasteiger partial charge in [0.1, 0.15) is 0 Å². The molecule has 0 bridgehead atoms. The lowest BCUT2D eigenvalue weighted by molar-refractivity contribution is -0.117. The van der Waals surface area contributed by atoms with E-state index in [1.807, 2.05) is 24.3 Å². The van der Waals surface area contributed by atoms with E-state index in [4.69, 9.17) is 10.8 Å². The third-order valence-electron chi connectivity index (χ3n) is 3.16. The highest BCUT2D eigenvalue weighted by atomic mass is 16.3. The number of aliphatic hydroxyl groups excluding tert-OH is 1. The normalized spacial score (nSPS) is 20.0. The lowest BCUT2D eigenvalue weighted by atomic mass is 10.1. The first-order chi connectivity index (χ1) is 8.24. The van der Waals surface area contributed by atoms with Gasteiger partial charge in [0.05, 0.1) is 0 Å². The molecule has 0 aliphatic carbocycles. The first kappa shape index (κ1) is 12.1. The van der Waals surface area contributed by atoms with Gasteiger partial charge in [0.15, 0.2) is 0 Å². The Morgan fingerprint density at radius 1 is 1.47 bits per heavy atom.